The number of nitriles is 1. The summed E-state index contributed by atoms with van der Waals surface area (Å²) in [5.41, 5.74) is 2.77. The molecule has 0 aromatic heterocycles. The van der Waals surface area contributed by atoms with Crippen LogP contribution in [0.4, 0.5) is 5.69 Å². The minimum atomic E-state index is -3.58. The number of sulfonamides is 1. The lowest BCUT2D eigenvalue weighted by Gasteiger charge is -2.26. The molecule has 0 atom stereocenters. The summed E-state index contributed by atoms with van der Waals surface area (Å²) in [7, 11) is -3.58. The topological polar surface area (TPSA) is 93.5 Å². The number of anilines is 1. The summed E-state index contributed by atoms with van der Waals surface area (Å²) in [4.78, 5) is 14.9. The second-order valence-electron chi connectivity index (χ2n) is 8.26. The van der Waals surface area contributed by atoms with Crippen LogP contribution < -0.4 is 5.32 Å². The summed E-state index contributed by atoms with van der Waals surface area (Å²) >= 11 is 0. The summed E-state index contributed by atoms with van der Waals surface area (Å²) < 4.78 is 27.6. The van der Waals surface area contributed by atoms with Gasteiger partial charge in [-0.15, -0.1) is 6.58 Å². The van der Waals surface area contributed by atoms with Crippen LogP contribution in [0, 0.1) is 18.3 Å². The maximum atomic E-state index is 13.0. The number of hydrogen-bond donors (Lipinski definition) is 1. The van der Waals surface area contributed by atoms with Gasteiger partial charge >= 0.3 is 0 Å². The van der Waals surface area contributed by atoms with Crippen molar-refractivity contribution in [2.45, 2.75) is 37.6 Å². The van der Waals surface area contributed by atoms with Gasteiger partial charge in [0.05, 0.1) is 23.1 Å². The third kappa shape index (κ3) is 6.51. The number of nitrogens with zero attached hydrogens (tertiary/aromatic N) is 3. The Morgan fingerprint density at radius 2 is 1.97 bits per heavy atom. The molecule has 2 aromatic rings. The molecule has 0 saturated carbocycles. The number of rotatable bonds is 9. The van der Waals surface area contributed by atoms with E-state index < -0.39 is 10.0 Å². The molecule has 0 bridgehead atoms. The zero-order chi connectivity index (χ0) is 23.8. The van der Waals surface area contributed by atoms with Gasteiger partial charge < -0.3 is 5.32 Å². The quantitative estimate of drug-likeness (QED) is 0.569. The predicted molar refractivity (Wildman–Crippen MR) is 129 cm³/mol. The van der Waals surface area contributed by atoms with E-state index in [1.807, 2.05) is 24.0 Å². The Bertz CT molecular complexity index is 1150. The minimum absolute atomic E-state index is 0.103. The number of hydrogen-bond acceptors (Lipinski definition) is 5. The Hall–Kier alpha value is -2.99. The molecule has 0 radical (unpaired) electrons. The molecule has 1 aliphatic heterocycles. The van der Waals surface area contributed by atoms with E-state index in [4.69, 9.17) is 5.26 Å². The molecule has 1 aliphatic rings. The highest BCUT2D eigenvalue weighted by Crippen LogP contribution is 2.25. The summed E-state index contributed by atoms with van der Waals surface area (Å²) in [5.74, 6) is -0.246. The van der Waals surface area contributed by atoms with Crippen LogP contribution in [0.1, 0.15) is 36.0 Å². The van der Waals surface area contributed by atoms with Gasteiger partial charge in [-0.1, -0.05) is 30.7 Å². The van der Waals surface area contributed by atoms with Crippen molar-refractivity contribution in [1.29, 1.82) is 5.26 Å². The van der Waals surface area contributed by atoms with Crippen LogP contribution in [-0.2, 0) is 21.4 Å². The van der Waals surface area contributed by atoms with Crippen LogP contribution in [-0.4, -0.2) is 49.7 Å². The molecule has 1 fully saturated rings. The van der Waals surface area contributed by atoms with Crippen LogP contribution in [0.25, 0.3) is 0 Å². The number of carbonyl (C=O) groups is 1. The summed E-state index contributed by atoms with van der Waals surface area (Å²) in [6, 6.07) is 14.3. The van der Waals surface area contributed by atoms with Gasteiger partial charge in [0.2, 0.25) is 15.9 Å². The molecule has 1 amide bonds. The van der Waals surface area contributed by atoms with E-state index in [9.17, 15) is 13.2 Å². The second-order valence-corrected chi connectivity index (χ2v) is 10.2. The van der Waals surface area contributed by atoms with E-state index in [0.717, 1.165) is 30.4 Å². The lowest BCUT2D eigenvalue weighted by Crippen LogP contribution is -2.35. The largest absolute Gasteiger partial charge is 0.325 e. The van der Waals surface area contributed by atoms with E-state index >= 15 is 0 Å². The van der Waals surface area contributed by atoms with Gasteiger partial charge in [0.25, 0.3) is 0 Å². The zero-order valence-corrected chi connectivity index (χ0v) is 19.8. The standard InChI is InChI=1S/C25H30N4O3S/c1-3-12-28(18-22-9-7-8-21(15-22)17-26)19-25(30)27-24-16-23(11-10-20(24)2)33(31,32)29-13-5-4-6-14-29/h3,7-11,15-16H,1,4-6,12-14,18-19H2,2H3,(H,27,30). The van der Waals surface area contributed by atoms with Gasteiger partial charge in [0.15, 0.2) is 0 Å². The first kappa shape index (κ1) is 24.6. The smallest absolute Gasteiger partial charge is 0.243 e. The average Bonchev–Trinajstić information content (AvgIpc) is 2.81. The fraction of sp³-hybridized carbons (Fsp3) is 0.360. The maximum Gasteiger partial charge on any atom is 0.243 e. The van der Waals surface area contributed by atoms with E-state index in [1.54, 1.807) is 36.4 Å². The number of carbonyl (C=O) groups excluding carboxylic acids is 1. The molecule has 1 heterocycles. The molecule has 1 saturated heterocycles. The van der Waals surface area contributed by atoms with Crippen molar-refractivity contribution >= 4 is 21.6 Å². The third-order valence-electron chi connectivity index (χ3n) is 5.65. The molecule has 174 valence electrons. The van der Waals surface area contributed by atoms with Crippen LogP contribution in [0.15, 0.2) is 60.0 Å². The number of piperidine rings is 1. The number of benzene rings is 2. The molecular weight excluding hydrogens is 436 g/mol. The van der Waals surface area contributed by atoms with Crippen molar-refractivity contribution in [3.8, 4) is 6.07 Å². The highest BCUT2D eigenvalue weighted by Gasteiger charge is 2.26. The van der Waals surface area contributed by atoms with E-state index in [-0.39, 0.29) is 17.3 Å². The molecule has 0 aliphatic carbocycles. The van der Waals surface area contributed by atoms with Crippen molar-refractivity contribution < 1.29 is 13.2 Å². The van der Waals surface area contributed by atoms with Crippen LogP contribution in [0.2, 0.25) is 0 Å². The summed E-state index contributed by atoms with van der Waals surface area (Å²) in [5, 5.41) is 12.0. The molecule has 0 unspecified atom stereocenters. The lowest BCUT2D eigenvalue weighted by molar-refractivity contribution is -0.117. The van der Waals surface area contributed by atoms with Gasteiger partial charge in [-0.3, -0.25) is 9.69 Å². The summed E-state index contributed by atoms with van der Waals surface area (Å²) in [6.07, 6.45) is 4.50. The number of amides is 1. The Balaban J connectivity index is 1.72. The van der Waals surface area contributed by atoms with Crippen molar-refractivity contribution in [1.82, 2.24) is 9.21 Å². The van der Waals surface area contributed by atoms with E-state index in [0.29, 0.717) is 37.4 Å². The fourth-order valence-corrected chi connectivity index (χ4v) is 5.45. The Morgan fingerprint density at radius 1 is 1.21 bits per heavy atom. The third-order valence-corrected chi connectivity index (χ3v) is 7.55. The van der Waals surface area contributed by atoms with Gasteiger partial charge in [0, 0.05) is 31.9 Å². The molecule has 0 spiro atoms. The average molecular weight is 467 g/mol. The monoisotopic (exact) mass is 466 g/mol. The number of nitrogens with one attached hydrogen (secondary N) is 1. The fourth-order valence-electron chi connectivity index (χ4n) is 3.91. The molecule has 3 rings (SSSR count). The van der Waals surface area contributed by atoms with Crippen molar-refractivity contribution in [2.24, 2.45) is 0 Å². The van der Waals surface area contributed by atoms with Crippen LogP contribution in [0.3, 0.4) is 0 Å². The van der Waals surface area contributed by atoms with Crippen molar-refractivity contribution in [3.05, 3.63) is 71.8 Å². The van der Waals surface area contributed by atoms with E-state index in [1.165, 1.54) is 4.31 Å². The molecule has 1 N–H and O–H groups in total. The normalized spacial score (nSPS) is 14.6. The lowest BCUT2D eigenvalue weighted by atomic mass is 10.1. The molecular formula is C25H30N4O3S. The first-order chi connectivity index (χ1) is 15.8. The zero-order valence-electron chi connectivity index (χ0n) is 19.0. The molecule has 8 heteroatoms. The Kier molecular flexibility index (Phi) is 8.39. The number of aryl methyl sites for hydroxylation is 1. The van der Waals surface area contributed by atoms with E-state index in [2.05, 4.69) is 18.0 Å². The Labute approximate surface area is 196 Å². The SMILES string of the molecule is C=CCN(CC(=O)Nc1cc(S(=O)(=O)N2CCCCC2)ccc1C)Cc1cccc(C#N)c1. The van der Waals surface area contributed by atoms with Gasteiger partial charge in [0.1, 0.15) is 0 Å². The molecule has 2 aromatic carbocycles. The first-order valence-electron chi connectivity index (χ1n) is 11.1. The van der Waals surface area contributed by atoms with Gasteiger partial charge in [-0.05, 0) is 55.2 Å². The second kappa shape index (κ2) is 11.2. The highest BCUT2D eigenvalue weighted by atomic mass is 32.2. The minimum Gasteiger partial charge on any atom is -0.325 e. The van der Waals surface area contributed by atoms with Gasteiger partial charge in [-0.2, -0.15) is 9.57 Å². The van der Waals surface area contributed by atoms with Crippen LogP contribution >= 0.6 is 0 Å². The van der Waals surface area contributed by atoms with Crippen molar-refractivity contribution in [3.63, 3.8) is 0 Å². The van der Waals surface area contributed by atoms with Crippen molar-refractivity contribution in [2.75, 3.05) is 31.5 Å². The van der Waals surface area contributed by atoms with Gasteiger partial charge in [-0.25, -0.2) is 8.42 Å². The predicted octanol–water partition coefficient (Wildman–Crippen LogP) is 3.67. The molecule has 33 heavy (non-hydrogen) atoms. The summed E-state index contributed by atoms with van der Waals surface area (Å²) in [6.45, 7) is 7.74. The van der Waals surface area contributed by atoms with Crippen LogP contribution in [0.5, 0.6) is 0 Å². The highest BCUT2D eigenvalue weighted by molar-refractivity contribution is 7.89. The maximum absolute atomic E-state index is 13.0. The molecule has 7 nitrogen and oxygen atoms in total. The Morgan fingerprint density at radius 3 is 2.67 bits per heavy atom. The first-order valence-corrected chi connectivity index (χ1v) is 12.5.